The summed E-state index contributed by atoms with van der Waals surface area (Å²) in [5.74, 6) is -0.838. The fourth-order valence-electron chi connectivity index (χ4n) is 1.85. The number of nitrogens with zero attached hydrogens (tertiary/aromatic N) is 1. The maximum Gasteiger partial charge on any atom is 0.335 e. The lowest BCUT2D eigenvalue weighted by Crippen LogP contribution is -2.35. The number of phenols is 1. The molecule has 0 bridgehead atoms. The van der Waals surface area contributed by atoms with Gasteiger partial charge < -0.3 is 25.9 Å². The summed E-state index contributed by atoms with van der Waals surface area (Å²) in [6.07, 6.45) is 0. The summed E-state index contributed by atoms with van der Waals surface area (Å²) in [5, 5.41) is 18.6. The van der Waals surface area contributed by atoms with Crippen molar-refractivity contribution in [1.82, 2.24) is 4.90 Å². The summed E-state index contributed by atoms with van der Waals surface area (Å²) >= 11 is 0. The molecule has 0 saturated carbocycles. The number of hydrogen-bond acceptors (Lipinski definition) is 4. The van der Waals surface area contributed by atoms with E-state index in [1.54, 1.807) is 0 Å². The highest BCUT2D eigenvalue weighted by molar-refractivity contribution is 5.88. The Morgan fingerprint density at radius 3 is 2.47 bits per heavy atom. The lowest BCUT2D eigenvalue weighted by molar-refractivity contribution is 0.0338. The molecule has 7 nitrogen and oxygen atoms in total. The number of carboxylic acid groups (broad SMARTS) is 1. The van der Waals surface area contributed by atoms with Crippen molar-refractivity contribution >= 4 is 5.97 Å². The fraction of sp³-hybridized carbons (Fsp3) is 0.417. The zero-order valence-electron chi connectivity index (χ0n) is 10.4. The topological polar surface area (TPSA) is 133 Å². The van der Waals surface area contributed by atoms with Crippen LogP contribution >= 0.6 is 0 Å². The monoisotopic (exact) mass is 273 g/mol. The quantitative estimate of drug-likeness (QED) is 0.749. The lowest BCUT2D eigenvalue weighted by atomic mass is 10.1. The molecular formula is C12H19NO6. The molecule has 1 aliphatic heterocycles. The van der Waals surface area contributed by atoms with E-state index in [9.17, 15) is 9.90 Å². The van der Waals surface area contributed by atoms with E-state index >= 15 is 0 Å². The van der Waals surface area contributed by atoms with Crippen LogP contribution in [-0.2, 0) is 11.3 Å². The Hall–Kier alpha value is -1.67. The number of benzene rings is 1. The van der Waals surface area contributed by atoms with Gasteiger partial charge in [-0.25, -0.2) is 4.79 Å². The first kappa shape index (κ1) is 17.3. The number of ether oxygens (including phenoxy) is 1. The second-order valence-electron chi connectivity index (χ2n) is 4.04. The first-order valence-electron chi connectivity index (χ1n) is 5.52. The highest BCUT2D eigenvalue weighted by Crippen LogP contribution is 2.20. The van der Waals surface area contributed by atoms with Gasteiger partial charge in [-0.15, -0.1) is 0 Å². The number of aromatic hydroxyl groups is 1. The molecule has 2 rings (SSSR count). The number of carbonyl (C=O) groups is 1. The van der Waals surface area contributed by atoms with Crippen molar-refractivity contribution in [3.05, 3.63) is 29.3 Å². The first-order chi connectivity index (χ1) is 8.16. The molecule has 7 heteroatoms. The van der Waals surface area contributed by atoms with Crippen molar-refractivity contribution < 1.29 is 30.7 Å². The Balaban J connectivity index is 0.00000162. The maximum absolute atomic E-state index is 10.8. The molecule has 1 aromatic carbocycles. The van der Waals surface area contributed by atoms with Gasteiger partial charge in [-0.3, -0.25) is 4.90 Å². The van der Waals surface area contributed by atoms with Gasteiger partial charge in [0.25, 0.3) is 0 Å². The first-order valence-corrected chi connectivity index (χ1v) is 5.52. The minimum Gasteiger partial charge on any atom is -0.508 e. The third-order valence-electron chi connectivity index (χ3n) is 2.82. The van der Waals surface area contributed by atoms with Crippen molar-refractivity contribution in [2.24, 2.45) is 0 Å². The molecule has 0 atom stereocenters. The van der Waals surface area contributed by atoms with E-state index in [-0.39, 0.29) is 22.3 Å². The van der Waals surface area contributed by atoms with Crippen molar-refractivity contribution in [2.45, 2.75) is 6.54 Å². The standard InChI is InChI=1S/C12H15NO4.2H2O/c14-11-2-1-9(12(15)16)7-10(11)8-13-3-5-17-6-4-13;;/h1-2,7,14H,3-6,8H2,(H,15,16);2*1H2. The summed E-state index contributed by atoms with van der Waals surface area (Å²) in [6.45, 7) is 3.52. The molecule has 1 fully saturated rings. The van der Waals surface area contributed by atoms with Gasteiger partial charge in [0.2, 0.25) is 0 Å². The summed E-state index contributed by atoms with van der Waals surface area (Å²) in [7, 11) is 0. The van der Waals surface area contributed by atoms with Crippen LogP contribution in [-0.4, -0.2) is 58.3 Å². The van der Waals surface area contributed by atoms with Gasteiger partial charge in [0, 0.05) is 25.2 Å². The molecule has 19 heavy (non-hydrogen) atoms. The summed E-state index contributed by atoms with van der Waals surface area (Å²) < 4.78 is 5.23. The number of hydrogen-bond donors (Lipinski definition) is 2. The predicted octanol–water partition coefficient (Wildman–Crippen LogP) is -0.727. The molecule has 1 saturated heterocycles. The molecule has 0 unspecified atom stereocenters. The Morgan fingerprint density at radius 1 is 1.26 bits per heavy atom. The molecule has 0 amide bonds. The van der Waals surface area contributed by atoms with Gasteiger partial charge in [-0.2, -0.15) is 0 Å². The van der Waals surface area contributed by atoms with E-state index in [1.807, 2.05) is 0 Å². The molecule has 0 spiro atoms. The summed E-state index contributed by atoms with van der Waals surface area (Å²) in [6, 6.07) is 4.35. The zero-order chi connectivity index (χ0) is 12.3. The van der Waals surface area contributed by atoms with E-state index in [0.717, 1.165) is 13.1 Å². The van der Waals surface area contributed by atoms with Gasteiger partial charge in [0.05, 0.1) is 18.8 Å². The van der Waals surface area contributed by atoms with Crippen LogP contribution < -0.4 is 0 Å². The Labute approximate surface area is 110 Å². The lowest BCUT2D eigenvalue weighted by Gasteiger charge is -2.26. The second kappa shape index (κ2) is 7.70. The van der Waals surface area contributed by atoms with Crippen LogP contribution in [0, 0.1) is 0 Å². The fourth-order valence-corrected chi connectivity index (χ4v) is 1.85. The number of aromatic carboxylic acids is 1. The molecule has 6 N–H and O–H groups in total. The Kier molecular flexibility index (Phi) is 7.02. The van der Waals surface area contributed by atoms with E-state index in [1.165, 1.54) is 18.2 Å². The van der Waals surface area contributed by atoms with Gasteiger partial charge in [0.15, 0.2) is 0 Å². The third kappa shape index (κ3) is 4.49. The van der Waals surface area contributed by atoms with E-state index < -0.39 is 5.97 Å². The minimum absolute atomic E-state index is 0. The van der Waals surface area contributed by atoms with Gasteiger partial charge in [-0.05, 0) is 18.2 Å². The average molecular weight is 273 g/mol. The van der Waals surface area contributed by atoms with Crippen molar-refractivity contribution in [3.63, 3.8) is 0 Å². The largest absolute Gasteiger partial charge is 0.508 e. The molecule has 1 heterocycles. The summed E-state index contributed by atoms with van der Waals surface area (Å²) in [5.41, 5.74) is 0.845. The van der Waals surface area contributed by atoms with Crippen molar-refractivity contribution in [1.29, 1.82) is 0 Å². The van der Waals surface area contributed by atoms with Gasteiger partial charge in [0.1, 0.15) is 5.75 Å². The minimum atomic E-state index is -0.978. The maximum atomic E-state index is 10.8. The highest BCUT2D eigenvalue weighted by Gasteiger charge is 2.14. The van der Waals surface area contributed by atoms with Crippen LogP contribution in [0.3, 0.4) is 0 Å². The van der Waals surface area contributed by atoms with Crippen molar-refractivity contribution in [2.75, 3.05) is 26.3 Å². The highest BCUT2D eigenvalue weighted by atomic mass is 16.5. The Morgan fingerprint density at radius 2 is 1.89 bits per heavy atom. The molecule has 0 aromatic heterocycles. The number of rotatable bonds is 3. The molecule has 108 valence electrons. The number of phenolic OH excluding ortho intramolecular Hbond substituents is 1. The van der Waals surface area contributed by atoms with Crippen LogP contribution in [0.2, 0.25) is 0 Å². The van der Waals surface area contributed by atoms with E-state index in [4.69, 9.17) is 9.84 Å². The zero-order valence-corrected chi connectivity index (χ0v) is 10.4. The van der Waals surface area contributed by atoms with E-state index in [0.29, 0.717) is 25.3 Å². The van der Waals surface area contributed by atoms with Crippen LogP contribution in [0.4, 0.5) is 0 Å². The molecule has 1 aromatic rings. The van der Waals surface area contributed by atoms with Gasteiger partial charge in [-0.1, -0.05) is 0 Å². The van der Waals surface area contributed by atoms with Gasteiger partial charge >= 0.3 is 5.97 Å². The third-order valence-corrected chi connectivity index (χ3v) is 2.82. The summed E-state index contributed by atoms with van der Waals surface area (Å²) in [4.78, 5) is 13.0. The Bertz CT molecular complexity index is 417. The number of morpholine rings is 1. The van der Waals surface area contributed by atoms with Crippen LogP contribution in [0.25, 0.3) is 0 Å². The van der Waals surface area contributed by atoms with Crippen molar-refractivity contribution in [3.8, 4) is 5.75 Å². The SMILES string of the molecule is O.O.O=C(O)c1ccc(O)c(CN2CCOCC2)c1. The molecule has 0 radical (unpaired) electrons. The van der Waals surface area contributed by atoms with Crippen LogP contribution in [0.5, 0.6) is 5.75 Å². The second-order valence-corrected chi connectivity index (χ2v) is 4.04. The van der Waals surface area contributed by atoms with Crippen LogP contribution in [0.1, 0.15) is 15.9 Å². The molecule has 0 aliphatic carbocycles. The van der Waals surface area contributed by atoms with Crippen LogP contribution in [0.15, 0.2) is 18.2 Å². The normalized spacial score (nSPS) is 15.2. The number of carboxylic acids is 1. The molecular weight excluding hydrogens is 254 g/mol. The smallest absolute Gasteiger partial charge is 0.335 e. The molecule has 1 aliphatic rings. The average Bonchev–Trinajstić information content (AvgIpc) is 2.33. The predicted molar refractivity (Wildman–Crippen MR) is 68.4 cm³/mol. The van der Waals surface area contributed by atoms with E-state index in [2.05, 4.69) is 4.90 Å².